The number of aromatic nitrogens is 1. The van der Waals surface area contributed by atoms with Crippen LogP contribution in [-0.4, -0.2) is 47.0 Å². The van der Waals surface area contributed by atoms with Gasteiger partial charge in [0.25, 0.3) is 5.91 Å². The van der Waals surface area contributed by atoms with Gasteiger partial charge < -0.3 is 15.3 Å². The number of likely N-dealkylation sites (tertiary alicyclic amines) is 1. The SMILES string of the molecule is CNc1nc(C)c(C(=O)N2C[C@H](C(=O)O)[C@@H](C3CC3)C2)s1. The highest BCUT2D eigenvalue weighted by atomic mass is 32.1. The van der Waals surface area contributed by atoms with Crippen molar-refractivity contribution in [1.29, 1.82) is 0 Å². The molecule has 1 aromatic rings. The van der Waals surface area contributed by atoms with Crippen LogP contribution in [0.4, 0.5) is 5.13 Å². The summed E-state index contributed by atoms with van der Waals surface area (Å²) in [5, 5.41) is 13.0. The second kappa shape index (κ2) is 5.29. The molecular formula is C14H19N3O3S. The fourth-order valence-electron chi connectivity index (χ4n) is 3.10. The zero-order valence-electron chi connectivity index (χ0n) is 12.1. The van der Waals surface area contributed by atoms with Crippen LogP contribution in [0.2, 0.25) is 0 Å². The zero-order valence-corrected chi connectivity index (χ0v) is 12.9. The number of anilines is 1. The van der Waals surface area contributed by atoms with Crippen LogP contribution in [0.1, 0.15) is 28.2 Å². The van der Waals surface area contributed by atoms with Crippen molar-refractivity contribution in [3.8, 4) is 0 Å². The summed E-state index contributed by atoms with van der Waals surface area (Å²) >= 11 is 1.33. The number of carbonyl (C=O) groups excluding carboxylic acids is 1. The maximum atomic E-state index is 12.6. The predicted octanol–water partition coefficient (Wildman–Crippen LogP) is 1.68. The van der Waals surface area contributed by atoms with Crippen molar-refractivity contribution in [2.45, 2.75) is 19.8 Å². The lowest BCUT2D eigenvalue weighted by Crippen LogP contribution is -2.29. The number of nitrogens with zero attached hydrogens (tertiary/aromatic N) is 2. The van der Waals surface area contributed by atoms with Gasteiger partial charge in [-0.1, -0.05) is 11.3 Å². The maximum Gasteiger partial charge on any atom is 0.308 e. The summed E-state index contributed by atoms with van der Waals surface area (Å²) in [4.78, 5) is 30.6. The molecule has 0 unspecified atom stereocenters. The number of hydrogen-bond donors (Lipinski definition) is 2. The first kappa shape index (κ1) is 14.3. The molecule has 1 aliphatic carbocycles. The summed E-state index contributed by atoms with van der Waals surface area (Å²) in [5.74, 6) is -0.679. The van der Waals surface area contributed by atoms with Gasteiger partial charge in [-0.25, -0.2) is 4.98 Å². The number of carboxylic acids is 1. The van der Waals surface area contributed by atoms with Gasteiger partial charge in [-0.15, -0.1) is 0 Å². The lowest BCUT2D eigenvalue weighted by atomic mass is 9.92. The lowest BCUT2D eigenvalue weighted by Gasteiger charge is -2.15. The van der Waals surface area contributed by atoms with Crippen molar-refractivity contribution in [3.05, 3.63) is 10.6 Å². The molecule has 3 rings (SSSR count). The summed E-state index contributed by atoms with van der Waals surface area (Å²) in [5.41, 5.74) is 0.705. The number of thiazole rings is 1. The minimum atomic E-state index is -0.779. The minimum absolute atomic E-state index is 0.0825. The molecular weight excluding hydrogens is 290 g/mol. The number of aliphatic carboxylic acids is 1. The quantitative estimate of drug-likeness (QED) is 0.884. The van der Waals surface area contributed by atoms with E-state index in [-0.39, 0.29) is 11.8 Å². The van der Waals surface area contributed by atoms with Crippen molar-refractivity contribution in [2.24, 2.45) is 17.8 Å². The van der Waals surface area contributed by atoms with Crippen LogP contribution in [0, 0.1) is 24.7 Å². The fraction of sp³-hybridized carbons (Fsp3) is 0.643. The summed E-state index contributed by atoms with van der Waals surface area (Å²) in [6.45, 7) is 2.70. The Bertz CT molecular complexity index is 582. The minimum Gasteiger partial charge on any atom is -0.481 e. The van der Waals surface area contributed by atoms with E-state index in [2.05, 4.69) is 10.3 Å². The highest BCUT2D eigenvalue weighted by Crippen LogP contribution is 2.44. The molecule has 0 aromatic carbocycles. The summed E-state index contributed by atoms with van der Waals surface area (Å²) in [7, 11) is 1.77. The normalized spacial score (nSPS) is 25.1. The van der Waals surface area contributed by atoms with E-state index in [0.717, 1.165) is 12.8 Å². The molecule has 1 aromatic heterocycles. The number of aryl methyl sites for hydroxylation is 1. The molecule has 1 aliphatic heterocycles. The molecule has 1 saturated carbocycles. The first-order chi connectivity index (χ1) is 10.0. The number of carbonyl (C=O) groups is 2. The van der Waals surface area contributed by atoms with Crippen molar-refractivity contribution in [3.63, 3.8) is 0 Å². The van der Waals surface area contributed by atoms with E-state index in [1.807, 2.05) is 6.92 Å². The Labute approximate surface area is 127 Å². The average Bonchev–Trinajstić information content (AvgIpc) is 3.08. The molecule has 2 atom stereocenters. The smallest absolute Gasteiger partial charge is 0.308 e. The van der Waals surface area contributed by atoms with E-state index < -0.39 is 11.9 Å². The van der Waals surface area contributed by atoms with Gasteiger partial charge in [-0.3, -0.25) is 9.59 Å². The fourth-order valence-corrected chi connectivity index (χ4v) is 3.99. The molecule has 0 spiro atoms. The van der Waals surface area contributed by atoms with E-state index in [1.165, 1.54) is 11.3 Å². The number of amides is 1. The van der Waals surface area contributed by atoms with Gasteiger partial charge >= 0.3 is 5.97 Å². The maximum absolute atomic E-state index is 12.6. The third kappa shape index (κ3) is 2.62. The Morgan fingerprint density at radius 1 is 1.38 bits per heavy atom. The number of rotatable bonds is 4. The van der Waals surface area contributed by atoms with Crippen LogP contribution in [0.3, 0.4) is 0 Å². The first-order valence-corrected chi connectivity index (χ1v) is 8.00. The molecule has 6 nitrogen and oxygen atoms in total. The van der Waals surface area contributed by atoms with E-state index in [9.17, 15) is 14.7 Å². The molecule has 2 fully saturated rings. The summed E-state index contributed by atoms with van der Waals surface area (Å²) in [6, 6.07) is 0. The standard InChI is InChI=1S/C14H19N3O3S/c1-7-11(21-14(15-2)16-7)12(18)17-5-9(8-3-4-8)10(6-17)13(19)20/h8-10H,3-6H2,1-2H3,(H,15,16)(H,19,20)/t9-,10+/m1/s1. The van der Waals surface area contributed by atoms with Crippen LogP contribution in [-0.2, 0) is 4.79 Å². The Hall–Kier alpha value is -1.63. The molecule has 1 saturated heterocycles. The topological polar surface area (TPSA) is 82.5 Å². The summed E-state index contributed by atoms with van der Waals surface area (Å²) < 4.78 is 0. The third-order valence-electron chi connectivity index (χ3n) is 4.40. The molecule has 2 aliphatic rings. The summed E-state index contributed by atoms with van der Waals surface area (Å²) in [6.07, 6.45) is 2.19. The lowest BCUT2D eigenvalue weighted by molar-refractivity contribution is -0.142. The largest absolute Gasteiger partial charge is 0.481 e. The van der Waals surface area contributed by atoms with Gasteiger partial charge in [0.05, 0.1) is 11.6 Å². The Morgan fingerprint density at radius 2 is 2.10 bits per heavy atom. The highest BCUT2D eigenvalue weighted by Gasteiger charge is 2.47. The van der Waals surface area contributed by atoms with Gasteiger partial charge in [0.2, 0.25) is 0 Å². The van der Waals surface area contributed by atoms with E-state index >= 15 is 0 Å². The number of nitrogens with one attached hydrogen (secondary N) is 1. The van der Waals surface area contributed by atoms with Gasteiger partial charge in [-0.2, -0.15) is 0 Å². The molecule has 2 heterocycles. The first-order valence-electron chi connectivity index (χ1n) is 7.18. The van der Waals surface area contributed by atoms with Crippen molar-refractivity contribution in [2.75, 3.05) is 25.5 Å². The van der Waals surface area contributed by atoms with Gasteiger partial charge in [-0.05, 0) is 31.6 Å². The van der Waals surface area contributed by atoms with E-state index in [0.29, 0.717) is 34.7 Å². The van der Waals surface area contributed by atoms with Crippen LogP contribution in [0.15, 0.2) is 0 Å². The molecule has 7 heteroatoms. The van der Waals surface area contributed by atoms with Gasteiger partial charge in [0, 0.05) is 20.1 Å². The molecule has 0 bridgehead atoms. The Kier molecular flexibility index (Phi) is 3.61. The van der Waals surface area contributed by atoms with Gasteiger partial charge in [0.1, 0.15) is 4.88 Å². The molecule has 21 heavy (non-hydrogen) atoms. The van der Waals surface area contributed by atoms with Crippen molar-refractivity contribution in [1.82, 2.24) is 9.88 Å². The highest BCUT2D eigenvalue weighted by molar-refractivity contribution is 7.17. The van der Waals surface area contributed by atoms with Crippen LogP contribution < -0.4 is 5.32 Å². The third-order valence-corrected chi connectivity index (χ3v) is 5.56. The zero-order chi connectivity index (χ0) is 15.1. The molecule has 2 N–H and O–H groups in total. The Balaban J connectivity index is 1.78. The van der Waals surface area contributed by atoms with E-state index in [4.69, 9.17) is 0 Å². The predicted molar refractivity (Wildman–Crippen MR) is 79.6 cm³/mol. The molecule has 0 radical (unpaired) electrons. The number of hydrogen-bond acceptors (Lipinski definition) is 5. The number of carboxylic acid groups (broad SMARTS) is 1. The second-order valence-corrected chi connectivity index (χ2v) is 6.84. The van der Waals surface area contributed by atoms with Crippen LogP contribution in [0.25, 0.3) is 0 Å². The second-order valence-electron chi connectivity index (χ2n) is 5.84. The molecule has 114 valence electrons. The molecule has 1 amide bonds. The van der Waals surface area contributed by atoms with Gasteiger partial charge in [0.15, 0.2) is 5.13 Å². The Morgan fingerprint density at radius 3 is 2.62 bits per heavy atom. The van der Waals surface area contributed by atoms with Crippen molar-refractivity contribution < 1.29 is 14.7 Å². The van der Waals surface area contributed by atoms with Crippen LogP contribution in [0.5, 0.6) is 0 Å². The van der Waals surface area contributed by atoms with Crippen molar-refractivity contribution >= 4 is 28.3 Å². The van der Waals surface area contributed by atoms with E-state index in [1.54, 1.807) is 11.9 Å². The van der Waals surface area contributed by atoms with Crippen LogP contribution >= 0.6 is 11.3 Å². The monoisotopic (exact) mass is 309 g/mol. The average molecular weight is 309 g/mol.